The lowest BCUT2D eigenvalue weighted by Crippen LogP contribution is -2.20. The lowest BCUT2D eigenvalue weighted by molar-refractivity contribution is 0.586. The summed E-state index contributed by atoms with van der Waals surface area (Å²) in [7, 11) is 0. The number of para-hydroxylation sites is 1. The van der Waals surface area contributed by atoms with E-state index in [1.807, 2.05) is 0 Å². The van der Waals surface area contributed by atoms with E-state index in [9.17, 15) is 0 Å². The molecule has 1 aliphatic rings. The molecule has 2 atom stereocenters. The highest BCUT2D eigenvalue weighted by atomic mass is 14.9. The molecule has 1 heteroatoms. The molecule has 0 amide bonds. The van der Waals surface area contributed by atoms with Crippen LogP contribution < -0.4 is 5.32 Å². The summed E-state index contributed by atoms with van der Waals surface area (Å²) in [4.78, 5) is 0. The van der Waals surface area contributed by atoms with Crippen LogP contribution in [-0.2, 0) is 5.41 Å². The van der Waals surface area contributed by atoms with Crippen LogP contribution in [0.3, 0.4) is 0 Å². The first-order chi connectivity index (χ1) is 7.97. The molecule has 0 aromatic heterocycles. The zero-order valence-corrected chi connectivity index (χ0v) is 11.6. The summed E-state index contributed by atoms with van der Waals surface area (Å²) >= 11 is 0. The Morgan fingerprint density at radius 1 is 1.12 bits per heavy atom. The van der Waals surface area contributed by atoms with Crippen LogP contribution in [-0.4, -0.2) is 6.04 Å². The van der Waals surface area contributed by atoms with Crippen LogP contribution in [0.2, 0.25) is 0 Å². The zero-order chi connectivity index (χ0) is 12.5. The van der Waals surface area contributed by atoms with E-state index < -0.39 is 0 Å². The summed E-state index contributed by atoms with van der Waals surface area (Å²) < 4.78 is 0. The van der Waals surface area contributed by atoms with Gasteiger partial charge in [0.2, 0.25) is 0 Å². The van der Waals surface area contributed by atoms with Crippen LogP contribution in [0.25, 0.3) is 0 Å². The fourth-order valence-corrected chi connectivity index (χ4v) is 2.82. The van der Waals surface area contributed by atoms with E-state index in [2.05, 4.69) is 57.3 Å². The number of hydrogen-bond donors (Lipinski definition) is 1. The largest absolute Gasteiger partial charge is 0.382 e. The number of rotatable bonds is 2. The van der Waals surface area contributed by atoms with Gasteiger partial charge in [-0.05, 0) is 42.2 Å². The first-order valence-corrected chi connectivity index (χ1v) is 6.83. The van der Waals surface area contributed by atoms with Crippen LogP contribution in [0.15, 0.2) is 24.3 Å². The molecular weight excluding hydrogens is 206 g/mol. The lowest BCUT2D eigenvalue weighted by atomic mass is 9.85. The highest BCUT2D eigenvalue weighted by Crippen LogP contribution is 2.33. The fourth-order valence-electron chi connectivity index (χ4n) is 2.82. The molecule has 17 heavy (non-hydrogen) atoms. The van der Waals surface area contributed by atoms with E-state index in [0.717, 1.165) is 5.92 Å². The third-order valence-corrected chi connectivity index (χ3v) is 3.79. The molecule has 1 aromatic carbocycles. The summed E-state index contributed by atoms with van der Waals surface area (Å²) in [5.74, 6) is 0.884. The van der Waals surface area contributed by atoms with Gasteiger partial charge in [-0.25, -0.2) is 0 Å². The SMILES string of the molecule is CC1CCC(Nc2ccccc2C(C)(C)C)C1. The number of benzene rings is 1. The van der Waals surface area contributed by atoms with Crippen molar-refractivity contribution in [2.24, 2.45) is 5.92 Å². The van der Waals surface area contributed by atoms with Crippen molar-refractivity contribution in [3.05, 3.63) is 29.8 Å². The normalized spacial score (nSPS) is 24.9. The smallest absolute Gasteiger partial charge is 0.0380 e. The van der Waals surface area contributed by atoms with Crippen LogP contribution >= 0.6 is 0 Å². The van der Waals surface area contributed by atoms with Crippen LogP contribution in [0.5, 0.6) is 0 Å². The number of anilines is 1. The van der Waals surface area contributed by atoms with Crippen molar-refractivity contribution in [2.75, 3.05) is 5.32 Å². The Morgan fingerprint density at radius 2 is 1.82 bits per heavy atom. The maximum Gasteiger partial charge on any atom is 0.0380 e. The van der Waals surface area contributed by atoms with Gasteiger partial charge in [-0.3, -0.25) is 0 Å². The standard InChI is InChI=1S/C16H25N/c1-12-9-10-13(11-12)17-15-8-6-5-7-14(15)16(2,3)4/h5-8,12-13,17H,9-11H2,1-4H3. The first-order valence-electron chi connectivity index (χ1n) is 6.83. The summed E-state index contributed by atoms with van der Waals surface area (Å²) in [5.41, 5.74) is 2.98. The van der Waals surface area contributed by atoms with E-state index in [1.54, 1.807) is 0 Å². The first kappa shape index (κ1) is 12.5. The van der Waals surface area contributed by atoms with Crippen LogP contribution in [0.4, 0.5) is 5.69 Å². The zero-order valence-electron chi connectivity index (χ0n) is 11.6. The Bertz CT molecular complexity index is 375. The molecule has 0 spiro atoms. The van der Waals surface area contributed by atoms with Crippen molar-refractivity contribution in [2.45, 2.75) is 58.4 Å². The summed E-state index contributed by atoms with van der Waals surface area (Å²) in [6.07, 6.45) is 4.01. The van der Waals surface area contributed by atoms with Crippen molar-refractivity contribution in [3.63, 3.8) is 0 Å². The molecule has 0 aliphatic heterocycles. The quantitative estimate of drug-likeness (QED) is 0.785. The second-order valence-electron chi connectivity index (χ2n) is 6.56. The van der Waals surface area contributed by atoms with Gasteiger partial charge in [0.1, 0.15) is 0 Å². The van der Waals surface area contributed by atoms with E-state index in [4.69, 9.17) is 0 Å². The molecule has 1 nitrogen and oxygen atoms in total. The molecule has 2 rings (SSSR count). The highest BCUT2D eigenvalue weighted by Gasteiger charge is 2.23. The van der Waals surface area contributed by atoms with Gasteiger partial charge in [-0.2, -0.15) is 0 Å². The second-order valence-corrected chi connectivity index (χ2v) is 6.56. The van der Waals surface area contributed by atoms with Gasteiger partial charge in [-0.15, -0.1) is 0 Å². The molecule has 1 aliphatic carbocycles. The van der Waals surface area contributed by atoms with Gasteiger partial charge < -0.3 is 5.32 Å². The van der Waals surface area contributed by atoms with Gasteiger partial charge in [0.25, 0.3) is 0 Å². The van der Waals surface area contributed by atoms with Crippen molar-refractivity contribution in [1.82, 2.24) is 0 Å². The molecular formula is C16H25N. The minimum absolute atomic E-state index is 0.216. The Labute approximate surface area is 106 Å². The predicted octanol–water partition coefficient (Wildman–Crippen LogP) is 4.58. The predicted molar refractivity (Wildman–Crippen MR) is 75.6 cm³/mol. The molecule has 0 bridgehead atoms. The summed E-state index contributed by atoms with van der Waals surface area (Å²) in [6, 6.07) is 9.43. The molecule has 1 N–H and O–H groups in total. The lowest BCUT2D eigenvalue weighted by Gasteiger charge is -2.25. The molecule has 94 valence electrons. The maximum absolute atomic E-state index is 3.75. The van der Waals surface area contributed by atoms with Gasteiger partial charge in [0, 0.05) is 11.7 Å². The number of hydrogen-bond acceptors (Lipinski definition) is 1. The van der Waals surface area contributed by atoms with E-state index in [-0.39, 0.29) is 5.41 Å². The molecule has 1 saturated carbocycles. The maximum atomic E-state index is 3.75. The Balaban J connectivity index is 2.15. The van der Waals surface area contributed by atoms with Crippen LogP contribution in [0, 0.1) is 5.92 Å². The molecule has 0 heterocycles. The van der Waals surface area contributed by atoms with Crippen molar-refractivity contribution < 1.29 is 0 Å². The number of nitrogens with one attached hydrogen (secondary N) is 1. The third-order valence-electron chi connectivity index (χ3n) is 3.79. The molecule has 1 fully saturated rings. The van der Waals surface area contributed by atoms with Crippen molar-refractivity contribution in [3.8, 4) is 0 Å². The molecule has 0 radical (unpaired) electrons. The highest BCUT2D eigenvalue weighted by molar-refractivity contribution is 5.54. The minimum atomic E-state index is 0.216. The van der Waals surface area contributed by atoms with Gasteiger partial charge in [-0.1, -0.05) is 45.9 Å². The Kier molecular flexibility index (Phi) is 3.46. The van der Waals surface area contributed by atoms with E-state index in [1.165, 1.54) is 30.5 Å². The average molecular weight is 231 g/mol. The average Bonchev–Trinajstić information content (AvgIpc) is 2.63. The van der Waals surface area contributed by atoms with E-state index >= 15 is 0 Å². The topological polar surface area (TPSA) is 12.0 Å². The van der Waals surface area contributed by atoms with Crippen molar-refractivity contribution in [1.29, 1.82) is 0 Å². The fraction of sp³-hybridized carbons (Fsp3) is 0.625. The third kappa shape index (κ3) is 3.02. The van der Waals surface area contributed by atoms with Crippen molar-refractivity contribution >= 4 is 5.69 Å². The molecule has 2 unspecified atom stereocenters. The van der Waals surface area contributed by atoms with Gasteiger partial charge in [0.15, 0.2) is 0 Å². The summed E-state index contributed by atoms with van der Waals surface area (Å²) in [6.45, 7) is 9.21. The Hall–Kier alpha value is -0.980. The molecule has 0 saturated heterocycles. The molecule has 1 aromatic rings. The van der Waals surface area contributed by atoms with E-state index in [0.29, 0.717) is 6.04 Å². The van der Waals surface area contributed by atoms with Crippen LogP contribution in [0.1, 0.15) is 52.5 Å². The second kappa shape index (κ2) is 4.72. The van der Waals surface area contributed by atoms with Gasteiger partial charge in [0.05, 0.1) is 0 Å². The Morgan fingerprint density at radius 3 is 2.41 bits per heavy atom. The summed E-state index contributed by atoms with van der Waals surface area (Å²) in [5, 5.41) is 3.75. The van der Waals surface area contributed by atoms with Gasteiger partial charge >= 0.3 is 0 Å². The minimum Gasteiger partial charge on any atom is -0.382 e. The monoisotopic (exact) mass is 231 g/mol.